The molecule has 0 spiro atoms. The van der Waals surface area contributed by atoms with Crippen LogP contribution in [0.1, 0.15) is 45.0 Å². The maximum Gasteiger partial charge on any atom is 0.268 e. The Balaban J connectivity index is 2.08. The van der Waals surface area contributed by atoms with E-state index >= 15 is 4.39 Å². The van der Waals surface area contributed by atoms with Crippen molar-refractivity contribution in [3.8, 4) is 0 Å². The second kappa shape index (κ2) is 7.75. The molecule has 1 aromatic heterocycles. The molecule has 5 nitrogen and oxygen atoms in total. The highest BCUT2D eigenvalue weighted by Gasteiger charge is 2.29. The summed E-state index contributed by atoms with van der Waals surface area (Å²) in [5.74, 6) is -0.639. The van der Waals surface area contributed by atoms with Crippen LogP contribution in [0.4, 0.5) is 4.39 Å². The van der Waals surface area contributed by atoms with Crippen LogP contribution in [0.2, 0.25) is 0 Å². The van der Waals surface area contributed by atoms with Gasteiger partial charge in [0.2, 0.25) is 0 Å². The Kier molecular flexibility index (Phi) is 5.84. The highest BCUT2D eigenvalue weighted by atomic mass is 32.2. The highest BCUT2D eigenvalue weighted by Crippen LogP contribution is 2.31. The van der Waals surface area contributed by atoms with Crippen LogP contribution in [-0.4, -0.2) is 21.7 Å². The summed E-state index contributed by atoms with van der Waals surface area (Å²) < 4.78 is 57.2. The van der Waals surface area contributed by atoms with Gasteiger partial charge in [-0.3, -0.25) is 0 Å². The first-order chi connectivity index (χ1) is 13.4. The zero-order valence-electron chi connectivity index (χ0n) is 17.1. The van der Waals surface area contributed by atoms with Gasteiger partial charge < -0.3 is 4.55 Å². The lowest BCUT2D eigenvalue weighted by Gasteiger charge is -2.26. The van der Waals surface area contributed by atoms with E-state index in [1.807, 2.05) is 20.8 Å². The molecule has 2 aromatic carbocycles. The van der Waals surface area contributed by atoms with Crippen LogP contribution in [0.5, 0.6) is 0 Å². The van der Waals surface area contributed by atoms with Crippen LogP contribution >= 0.6 is 0 Å². The van der Waals surface area contributed by atoms with E-state index in [0.29, 0.717) is 16.6 Å². The zero-order valence-corrected chi connectivity index (χ0v) is 18.7. The Morgan fingerprint density at radius 3 is 2.34 bits per heavy atom. The molecule has 1 heterocycles. The van der Waals surface area contributed by atoms with Crippen molar-refractivity contribution in [2.75, 3.05) is 0 Å². The first-order valence-corrected chi connectivity index (χ1v) is 11.8. The van der Waals surface area contributed by atoms with E-state index in [1.165, 1.54) is 18.2 Å². The van der Waals surface area contributed by atoms with Crippen molar-refractivity contribution in [3.63, 3.8) is 0 Å². The summed E-state index contributed by atoms with van der Waals surface area (Å²) in [5.41, 5.74) is 1.03. The first-order valence-electron chi connectivity index (χ1n) is 9.23. The van der Waals surface area contributed by atoms with Gasteiger partial charge in [0.25, 0.3) is 10.0 Å². The number of rotatable bonds is 5. The van der Waals surface area contributed by atoms with Gasteiger partial charge in [-0.15, -0.1) is 4.72 Å². The molecule has 0 aliphatic rings. The molecule has 0 aliphatic heterocycles. The lowest BCUT2D eigenvalue weighted by atomic mass is 10.1. The number of nitrogens with zero attached hydrogens (tertiary/aromatic N) is 1. The highest BCUT2D eigenvalue weighted by molar-refractivity contribution is 7.90. The minimum Gasteiger partial charge on any atom is -0.598 e. The van der Waals surface area contributed by atoms with Gasteiger partial charge in [-0.25, -0.2) is 16.8 Å². The van der Waals surface area contributed by atoms with Crippen LogP contribution in [0.15, 0.2) is 53.4 Å². The normalized spacial score (nSPS) is 14.9. The molecule has 156 valence electrons. The molecule has 29 heavy (non-hydrogen) atoms. The molecule has 0 unspecified atom stereocenters. The molecule has 0 aliphatic carbocycles. The number of hydrogen-bond donors (Lipinski definition) is 1. The van der Waals surface area contributed by atoms with Crippen molar-refractivity contribution in [2.45, 2.75) is 50.3 Å². The van der Waals surface area contributed by atoms with Crippen LogP contribution in [0, 0.1) is 12.7 Å². The number of aryl methyl sites for hydroxylation is 1. The van der Waals surface area contributed by atoms with E-state index in [1.54, 1.807) is 44.2 Å². The molecule has 0 fully saturated rings. The number of halogens is 1. The van der Waals surface area contributed by atoms with Crippen molar-refractivity contribution in [3.05, 3.63) is 65.6 Å². The third kappa shape index (κ3) is 4.21. The minimum atomic E-state index is -3.93. The van der Waals surface area contributed by atoms with Gasteiger partial charge in [-0.05, 0) is 70.5 Å². The predicted molar refractivity (Wildman–Crippen MR) is 115 cm³/mol. The summed E-state index contributed by atoms with van der Waals surface area (Å²) in [4.78, 5) is 0.0969. The number of fused-ring (bicyclic) bond motifs is 1. The third-order valence-electron chi connectivity index (χ3n) is 4.62. The van der Waals surface area contributed by atoms with E-state index in [2.05, 4.69) is 4.72 Å². The van der Waals surface area contributed by atoms with E-state index < -0.39 is 31.9 Å². The molecular weight excluding hydrogens is 411 g/mol. The van der Waals surface area contributed by atoms with Crippen molar-refractivity contribution in [2.24, 2.45) is 0 Å². The average molecular weight is 437 g/mol. The van der Waals surface area contributed by atoms with Gasteiger partial charge in [0.1, 0.15) is 16.1 Å². The summed E-state index contributed by atoms with van der Waals surface area (Å²) in [6.45, 7) is 8.99. The van der Waals surface area contributed by atoms with Crippen molar-refractivity contribution >= 4 is 32.3 Å². The van der Waals surface area contributed by atoms with Gasteiger partial charge in [-0.2, -0.15) is 0 Å². The SMILES string of the molecule is Cc1cc2cc([C@@H](C)N[S@@+]([O-])C(C)(C)C)cc(F)c2n1S(=O)(=O)c1ccccc1. The number of benzene rings is 2. The molecule has 3 aromatic rings. The molecule has 0 saturated heterocycles. The summed E-state index contributed by atoms with van der Waals surface area (Å²) in [6.07, 6.45) is 0. The van der Waals surface area contributed by atoms with Gasteiger partial charge in [0.05, 0.1) is 10.9 Å². The van der Waals surface area contributed by atoms with E-state index in [9.17, 15) is 13.0 Å². The molecule has 1 N–H and O–H groups in total. The lowest BCUT2D eigenvalue weighted by molar-refractivity contribution is 0.530. The Labute approximate surface area is 174 Å². The molecule has 0 saturated carbocycles. The molecule has 0 bridgehead atoms. The maximum absolute atomic E-state index is 15.1. The molecule has 3 rings (SSSR count). The summed E-state index contributed by atoms with van der Waals surface area (Å²) in [7, 11) is -3.93. The zero-order chi connectivity index (χ0) is 21.6. The molecule has 8 heteroatoms. The van der Waals surface area contributed by atoms with Crippen LogP contribution < -0.4 is 4.72 Å². The fourth-order valence-corrected chi connectivity index (χ4v) is 5.48. The van der Waals surface area contributed by atoms with E-state index in [4.69, 9.17) is 0 Å². The van der Waals surface area contributed by atoms with Gasteiger partial charge in [0, 0.05) is 22.4 Å². The van der Waals surface area contributed by atoms with Crippen molar-refractivity contribution in [1.29, 1.82) is 0 Å². The van der Waals surface area contributed by atoms with E-state index in [-0.39, 0.29) is 16.5 Å². The largest absolute Gasteiger partial charge is 0.598 e. The summed E-state index contributed by atoms with van der Waals surface area (Å²) in [5, 5.41) is 0.479. The Bertz CT molecular complexity index is 1140. The van der Waals surface area contributed by atoms with Crippen LogP contribution in [0.25, 0.3) is 10.9 Å². The van der Waals surface area contributed by atoms with Crippen LogP contribution in [0.3, 0.4) is 0 Å². The monoisotopic (exact) mass is 436 g/mol. The molecular formula is C21H25FN2O3S2. The molecule has 0 radical (unpaired) electrons. The van der Waals surface area contributed by atoms with Gasteiger partial charge >= 0.3 is 0 Å². The fourth-order valence-electron chi connectivity index (χ4n) is 3.09. The van der Waals surface area contributed by atoms with Crippen molar-refractivity contribution in [1.82, 2.24) is 8.69 Å². The summed E-state index contributed by atoms with van der Waals surface area (Å²) in [6, 6.07) is 12.3. The Hall–Kier alpha value is -1.87. The average Bonchev–Trinajstić information content (AvgIpc) is 2.98. The van der Waals surface area contributed by atoms with Gasteiger partial charge in [0.15, 0.2) is 0 Å². The standard InChI is InChI=1S/C21H25FN2O3S2/c1-14-11-17-12-16(15(2)23-28(25)21(3,4)5)13-19(22)20(17)24(14)29(26,27)18-9-7-6-8-10-18/h6-13,15,23H,1-5H3/t15-,28+/m1/s1. The van der Waals surface area contributed by atoms with Gasteiger partial charge in [-0.1, -0.05) is 18.2 Å². The smallest absolute Gasteiger partial charge is 0.268 e. The molecule has 2 atom stereocenters. The quantitative estimate of drug-likeness (QED) is 0.600. The number of hydrogen-bond acceptors (Lipinski definition) is 4. The third-order valence-corrected chi connectivity index (χ3v) is 8.12. The predicted octanol–water partition coefficient (Wildman–Crippen LogP) is 4.44. The van der Waals surface area contributed by atoms with Crippen molar-refractivity contribution < 1.29 is 17.4 Å². The van der Waals surface area contributed by atoms with Crippen LogP contribution in [-0.2, 0) is 21.4 Å². The topological polar surface area (TPSA) is 74.2 Å². The van der Waals surface area contributed by atoms with E-state index in [0.717, 1.165) is 3.97 Å². The number of aromatic nitrogens is 1. The second-order valence-electron chi connectivity index (χ2n) is 8.03. The lowest BCUT2D eigenvalue weighted by Crippen LogP contribution is -2.40. The first kappa shape index (κ1) is 21.8. The number of nitrogens with one attached hydrogen (secondary N) is 1. The Morgan fingerprint density at radius 1 is 1.14 bits per heavy atom. The minimum absolute atomic E-state index is 0.0132. The fraction of sp³-hybridized carbons (Fsp3) is 0.333. The molecule has 0 amide bonds. The second-order valence-corrected chi connectivity index (χ2v) is 11.8. The summed E-state index contributed by atoms with van der Waals surface area (Å²) >= 11 is -1.32. The maximum atomic E-state index is 15.1. The Morgan fingerprint density at radius 2 is 1.76 bits per heavy atom.